The zero-order valence-corrected chi connectivity index (χ0v) is 6.91. The fourth-order valence-electron chi connectivity index (χ4n) is 0.616. The van der Waals surface area contributed by atoms with Crippen molar-refractivity contribution in [3.63, 3.8) is 0 Å². The van der Waals surface area contributed by atoms with Gasteiger partial charge in [-0.2, -0.15) is 0 Å². The third kappa shape index (κ3) is 2.14. The first-order chi connectivity index (χ1) is 5.74. The molecule has 1 rings (SSSR count). The van der Waals surface area contributed by atoms with Gasteiger partial charge in [0.15, 0.2) is 5.69 Å². The summed E-state index contributed by atoms with van der Waals surface area (Å²) >= 11 is 1.23. The normalized spacial score (nSPS) is 10.8. The number of carboxylic acid groups (broad SMARTS) is 1. The average molecular weight is 185 g/mol. The van der Waals surface area contributed by atoms with E-state index in [1.165, 1.54) is 22.8 Å². The van der Waals surface area contributed by atoms with E-state index in [1.807, 2.05) is 0 Å². The number of carbonyl (C=O) groups is 1. The van der Waals surface area contributed by atoms with Crippen LogP contribution in [0.1, 0.15) is 15.5 Å². The average Bonchev–Trinajstić information content (AvgIpc) is 2.48. The van der Waals surface area contributed by atoms with E-state index in [4.69, 9.17) is 10.2 Å². The first-order valence-corrected chi connectivity index (χ1v) is 4.08. The van der Waals surface area contributed by atoms with Gasteiger partial charge in [0.2, 0.25) is 0 Å². The van der Waals surface area contributed by atoms with Gasteiger partial charge in [0.25, 0.3) is 0 Å². The van der Waals surface area contributed by atoms with Gasteiger partial charge in [0.1, 0.15) is 5.01 Å². The molecule has 0 atom stereocenters. The number of hydrogen-bond acceptors (Lipinski definition) is 4. The molecule has 0 radical (unpaired) electrons. The van der Waals surface area contributed by atoms with Crippen LogP contribution in [-0.4, -0.2) is 27.8 Å². The van der Waals surface area contributed by atoms with Crippen LogP contribution in [0.3, 0.4) is 0 Å². The van der Waals surface area contributed by atoms with Crippen molar-refractivity contribution in [3.05, 3.63) is 22.2 Å². The molecule has 2 N–H and O–H groups in total. The standard InChI is InChI=1S/C7H7NO3S/c9-3-1-2-6-8-5(4-12-6)7(10)11/h1-2,4,9H,3H2,(H,10,11). The lowest BCUT2D eigenvalue weighted by atomic mass is 10.5. The second kappa shape index (κ2) is 3.99. The van der Waals surface area contributed by atoms with Crippen LogP contribution in [0.25, 0.3) is 6.08 Å². The Balaban J connectivity index is 2.77. The molecule has 1 aromatic rings. The molecule has 0 bridgehead atoms. The molecule has 0 spiro atoms. The number of rotatable bonds is 3. The summed E-state index contributed by atoms with van der Waals surface area (Å²) in [7, 11) is 0. The molecule has 0 aromatic carbocycles. The summed E-state index contributed by atoms with van der Waals surface area (Å²) < 4.78 is 0. The van der Waals surface area contributed by atoms with Crippen LogP contribution in [0.4, 0.5) is 0 Å². The summed E-state index contributed by atoms with van der Waals surface area (Å²) in [6.07, 6.45) is 3.08. The highest BCUT2D eigenvalue weighted by molar-refractivity contribution is 7.10. The number of thiazole rings is 1. The van der Waals surface area contributed by atoms with Crippen LogP contribution in [-0.2, 0) is 0 Å². The monoisotopic (exact) mass is 185 g/mol. The first-order valence-electron chi connectivity index (χ1n) is 3.20. The van der Waals surface area contributed by atoms with Gasteiger partial charge in [-0.1, -0.05) is 6.08 Å². The number of nitrogens with zero attached hydrogens (tertiary/aromatic N) is 1. The molecule has 0 saturated carbocycles. The molecule has 64 valence electrons. The van der Waals surface area contributed by atoms with Crippen LogP contribution < -0.4 is 0 Å². The summed E-state index contributed by atoms with van der Waals surface area (Å²) in [5, 5.41) is 19.0. The Hall–Kier alpha value is -1.20. The summed E-state index contributed by atoms with van der Waals surface area (Å²) in [5.41, 5.74) is 0.0394. The smallest absolute Gasteiger partial charge is 0.355 e. The largest absolute Gasteiger partial charge is 0.476 e. The van der Waals surface area contributed by atoms with E-state index in [9.17, 15) is 4.79 Å². The van der Waals surface area contributed by atoms with Crippen LogP contribution in [0, 0.1) is 0 Å². The van der Waals surface area contributed by atoms with E-state index >= 15 is 0 Å². The Morgan fingerprint density at radius 2 is 2.50 bits per heavy atom. The zero-order chi connectivity index (χ0) is 8.97. The maximum absolute atomic E-state index is 10.4. The predicted octanol–water partition coefficient (Wildman–Crippen LogP) is 0.847. The van der Waals surface area contributed by atoms with Gasteiger partial charge in [-0.3, -0.25) is 0 Å². The quantitative estimate of drug-likeness (QED) is 0.732. The Morgan fingerprint density at radius 3 is 3.00 bits per heavy atom. The van der Waals surface area contributed by atoms with Crippen molar-refractivity contribution < 1.29 is 15.0 Å². The third-order valence-electron chi connectivity index (χ3n) is 1.11. The summed E-state index contributed by atoms with van der Waals surface area (Å²) in [6, 6.07) is 0. The van der Waals surface area contributed by atoms with Crippen LogP contribution in [0.2, 0.25) is 0 Å². The molecule has 0 unspecified atom stereocenters. The second-order valence-corrected chi connectivity index (χ2v) is 2.85. The first kappa shape index (κ1) is 8.89. The number of hydrogen-bond donors (Lipinski definition) is 2. The van der Waals surface area contributed by atoms with Gasteiger partial charge in [0, 0.05) is 5.38 Å². The van der Waals surface area contributed by atoms with Gasteiger partial charge in [-0.15, -0.1) is 11.3 Å². The van der Waals surface area contributed by atoms with Crippen LogP contribution in [0.15, 0.2) is 11.5 Å². The van der Waals surface area contributed by atoms with Crippen molar-refractivity contribution in [2.75, 3.05) is 6.61 Å². The number of aliphatic hydroxyl groups excluding tert-OH is 1. The fraction of sp³-hybridized carbons (Fsp3) is 0.143. The molecule has 12 heavy (non-hydrogen) atoms. The molecule has 1 heterocycles. The molecule has 0 aliphatic carbocycles. The van der Waals surface area contributed by atoms with Gasteiger partial charge in [-0.25, -0.2) is 9.78 Å². The van der Waals surface area contributed by atoms with Crippen molar-refractivity contribution in [1.82, 2.24) is 4.98 Å². The lowest BCUT2D eigenvalue weighted by molar-refractivity contribution is 0.0691. The highest BCUT2D eigenvalue weighted by Crippen LogP contribution is 2.10. The van der Waals surface area contributed by atoms with E-state index in [0.29, 0.717) is 5.01 Å². The highest BCUT2D eigenvalue weighted by atomic mass is 32.1. The van der Waals surface area contributed by atoms with Crippen molar-refractivity contribution >= 4 is 23.4 Å². The molecule has 0 amide bonds. The number of aromatic carboxylic acids is 1. The Labute approximate surface area is 72.8 Å². The lowest BCUT2D eigenvalue weighted by Crippen LogP contribution is -1.95. The number of aliphatic hydroxyl groups is 1. The van der Waals surface area contributed by atoms with Crippen molar-refractivity contribution in [2.45, 2.75) is 0 Å². The molecule has 4 nitrogen and oxygen atoms in total. The second-order valence-electron chi connectivity index (χ2n) is 1.96. The molecule has 0 aliphatic heterocycles. The van der Waals surface area contributed by atoms with E-state index < -0.39 is 5.97 Å². The van der Waals surface area contributed by atoms with Crippen molar-refractivity contribution in [1.29, 1.82) is 0 Å². The Morgan fingerprint density at radius 1 is 1.75 bits per heavy atom. The predicted molar refractivity (Wildman–Crippen MR) is 45.2 cm³/mol. The minimum atomic E-state index is -1.03. The molecule has 0 saturated heterocycles. The molecular weight excluding hydrogens is 178 g/mol. The SMILES string of the molecule is O=C(O)c1csc(C=CCO)n1. The zero-order valence-electron chi connectivity index (χ0n) is 6.10. The molecular formula is C7H7NO3S. The van der Waals surface area contributed by atoms with Gasteiger partial charge >= 0.3 is 5.97 Å². The van der Waals surface area contributed by atoms with E-state index in [1.54, 1.807) is 6.08 Å². The fourth-order valence-corrected chi connectivity index (χ4v) is 1.33. The molecule has 0 fully saturated rings. The van der Waals surface area contributed by atoms with Crippen molar-refractivity contribution in [2.24, 2.45) is 0 Å². The maximum Gasteiger partial charge on any atom is 0.355 e. The topological polar surface area (TPSA) is 70.4 Å². The molecule has 0 aliphatic rings. The Kier molecular flexibility index (Phi) is 2.95. The van der Waals surface area contributed by atoms with Gasteiger partial charge < -0.3 is 10.2 Å². The highest BCUT2D eigenvalue weighted by Gasteiger charge is 2.05. The van der Waals surface area contributed by atoms with Gasteiger partial charge in [0.05, 0.1) is 6.61 Å². The van der Waals surface area contributed by atoms with Crippen LogP contribution >= 0.6 is 11.3 Å². The van der Waals surface area contributed by atoms with E-state index in [0.717, 1.165) is 0 Å². The maximum atomic E-state index is 10.4. The summed E-state index contributed by atoms with van der Waals surface area (Å²) in [5.74, 6) is -1.03. The summed E-state index contributed by atoms with van der Waals surface area (Å²) in [6.45, 7) is -0.0675. The number of aromatic nitrogens is 1. The lowest BCUT2D eigenvalue weighted by Gasteiger charge is -1.82. The van der Waals surface area contributed by atoms with Gasteiger partial charge in [-0.05, 0) is 6.08 Å². The van der Waals surface area contributed by atoms with Crippen molar-refractivity contribution in [3.8, 4) is 0 Å². The molecule has 5 heteroatoms. The number of carboxylic acids is 1. The minimum Gasteiger partial charge on any atom is -0.476 e. The van der Waals surface area contributed by atoms with Crippen LogP contribution in [0.5, 0.6) is 0 Å². The summed E-state index contributed by atoms with van der Waals surface area (Å²) in [4.78, 5) is 14.1. The van der Waals surface area contributed by atoms with E-state index in [2.05, 4.69) is 4.98 Å². The van der Waals surface area contributed by atoms with E-state index in [-0.39, 0.29) is 12.3 Å². The molecule has 1 aromatic heterocycles. The third-order valence-corrected chi connectivity index (χ3v) is 1.92. The minimum absolute atomic E-state index is 0.0394. The Bertz CT molecular complexity index is 305.